The van der Waals surface area contributed by atoms with E-state index in [1.54, 1.807) is 75.4 Å². The van der Waals surface area contributed by atoms with Crippen LogP contribution in [0.15, 0.2) is 60.9 Å². The Labute approximate surface area is 253 Å². The smallest absolute Gasteiger partial charge is 0.410 e. The summed E-state index contributed by atoms with van der Waals surface area (Å²) in [5.41, 5.74) is 0.724. The Hall–Kier alpha value is -5.13. The van der Waals surface area contributed by atoms with Crippen LogP contribution >= 0.6 is 0 Å². The van der Waals surface area contributed by atoms with E-state index in [2.05, 4.69) is 15.3 Å². The van der Waals surface area contributed by atoms with Crippen molar-refractivity contribution in [2.45, 2.75) is 45.3 Å². The summed E-state index contributed by atoms with van der Waals surface area (Å²) >= 11 is 0. The second-order valence-electron chi connectivity index (χ2n) is 11.7. The van der Waals surface area contributed by atoms with Crippen molar-refractivity contribution in [3.63, 3.8) is 0 Å². The zero-order valence-electron chi connectivity index (χ0n) is 24.9. The van der Waals surface area contributed by atoms with Crippen molar-refractivity contribution in [1.82, 2.24) is 24.9 Å². The Morgan fingerprint density at radius 1 is 1.14 bits per heavy atom. The highest BCUT2D eigenvalue weighted by Crippen LogP contribution is 2.32. The van der Waals surface area contributed by atoms with Gasteiger partial charge < -0.3 is 14.7 Å². The van der Waals surface area contributed by atoms with Crippen molar-refractivity contribution in [1.29, 1.82) is 0 Å². The molecule has 0 saturated carbocycles. The van der Waals surface area contributed by atoms with Crippen LogP contribution in [0.3, 0.4) is 0 Å². The summed E-state index contributed by atoms with van der Waals surface area (Å²) in [6.45, 7) is 5.98. The number of hydrogen-bond acceptors (Lipinski definition) is 7. The lowest BCUT2D eigenvalue weighted by Crippen LogP contribution is -2.53. The molecule has 0 bridgehead atoms. The first-order valence-corrected chi connectivity index (χ1v) is 14.2. The van der Waals surface area contributed by atoms with Gasteiger partial charge in [-0.25, -0.2) is 19.0 Å². The number of aliphatic carboxylic acids is 1. The van der Waals surface area contributed by atoms with Crippen molar-refractivity contribution in [2.75, 3.05) is 18.0 Å². The van der Waals surface area contributed by atoms with Gasteiger partial charge in [0.15, 0.2) is 0 Å². The summed E-state index contributed by atoms with van der Waals surface area (Å²) in [5.74, 6) is -2.12. The molecule has 4 aromatic rings. The third-order valence-electron chi connectivity index (χ3n) is 7.14. The van der Waals surface area contributed by atoms with E-state index in [1.165, 1.54) is 27.8 Å². The zero-order chi connectivity index (χ0) is 31.6. The number of likely N-dealkylation sites (tertiary alicyclic amines) is 1. The molecule has 1 N–H and O–H groups in total. The molecule has 1 unspecified atom stereocenters. The topological polar surface area (TPSA) is 131 Å². The number of carbonyl (C=O) groups is 3. The highest BCUT2D eigenvalue weighted by molar-refractivity contribution is 6.10. The van der Waals surface area contributed by atoms with Gasteiger partial charge in [0.1, 0.15) is 22.9 Å². The van der Waals surface area contributed by atoms with Crippen LogP contribution in [0.5, 0.6) is 0 Å². The molecule has 1 fully saturated rings. The maximum atomic E-state index is 15.7. The first-order valence-electron chi connectivity index (χ1n) is 14.2. The number of aryl methyl sites for hydroxylation is 1. The summed E-state index contributed by atoms with van der Waals surface area (Å²) < 4.78 is 22.8. The lowest BCUT2D eigenvalue weighted by molar-refractivity contribution is -0.131. The van der Waals surface area contributed by atoms with Crippen molar-refractivity contribution in [2.24, 2.45) is 7.05 Å². The fourth-order valence-corrected chi connectivity index (χ4v) is 5.19. The Balaban J connectivity index is 1.57. The lowest BCUT2D eigenvalue weighted by atomic mass is 10.0. The van der Waals surface area contributed by atoms with Gasteiger partial charge >= 0.3 is 12.1 Å². The molecule has 2 aromatic carbocycles. The molecule has 228 valence electrons. The molecule has 44 heavy (non-hydrogen) atoms. The number of halogens is 1. The average molecular weight is 601 g/mol. The largest absolute Gasteiger partial charge is 0.478 e. The lowest BCUT2D eigenvalue weighted by Gasteiger charge is -2.39. The van der Waals surface area contributed by atoms with Gasteiger partial charge in [0.2, 0.25) is 0 Å². The van der Waals surface area contributed by atoms with Gasteiger partial charge in [0.25, 0.3) is 5.91 Å². The summed E-state index contributed by atoms with van der Waals surface area (Å²) in [6.07, 6.45) is 6.35. The van der Waals surface area contributed by atoms with Crippen molar-refractivity contribution in [3.05, 3.63) is 77.9 Å². The monoisotopic (exact) mass is 600 g/mol. The third-order valence-corrected chi connectivity index (χ3v) is 7.14. The molecule has 0 spiro atoms. The number of amides is 2. The Bertz CT molecular complexity index is 1760. The SMILES string of the molecule is Cn1cc(-c2ccc(C(=O)N(c3nccc4cc(/C=C/C(=O)O)ccc34)C3CCCN(C(=O)OC(C)(C)C)C3)c(F)c2)nn1. The van der Waals surface area contributed by atoms with Gasteiger partial charge in [-0.15, -0.1) is 5.10 Å². The second-order valence-corrected chi connectivity index (χ2v) is 11.7. The number of rotatable bonds is 6. The van der Waals surface area contributed by atoms with Crippen LogP contribution in [0.1, 0.15) is 49.5 Å². The number of carbonyl (C=O) groups excluding carboxylic acids is 2. The minimum Gasteiger partial charge on any atom is -0.478 e. The Morgan fingerprint density at radius 2 is 1.93 bits per heavy atom. The molecule has 3 heterocycles. The van der Waals surface area contributed by atoms with E-state index in [1.807, 2.05) is 0 Å². The predicted molar refractivity (Wildman–Crippen MR) is 162 cm³/mol. The number of carboxylic acid groups (broad SMARTS) is 1. The molecule has 1 atom stereocenters. The number of ether oxygens (including phenoxy) is 1. The van der Waals surface area contributed by atoms with Gasteiger partial charge in [0, 0.05) is 43.4 Å². The molecule has 1 aliphatic rings. The third kappa shape index (κ3) is 6.74. The van der Waals surface area contributed by atoms with Crippen LogP contribution in [0.2, 0.25) is 0 Å². The van der Waals surface area contributed by atoms with E-state index in [0.29, 0.717) is 52.8 Å². The van der Waals surface area contributed by atoms with Crippen LogP contribution in [0.4, 0.5) is 15.0 Å². The number of nitrogens with zero attached hydrogens (tertiary/aromatic N) is 6. The first-order chi connectivity index (χ1) is 20.9. The Kier molecular flexibility index (Phi) is 8.43. The van der Waals surface area contributed by atoms with E-state index in [4.69, 9.17) is 9.84 Å². The van der Waals surface area contributed by atoms with E-state index >= 15 is 4.39 Å². The fraction of sp³-hybridized carbons (Fsp3) is 0.312. The van der Waals surface area contributed by atoms with Gasteiger partial charge in [0.05, 0.1) is 17.8 Å². The average Bonchev–Trinajstić information content (AvgIpc) is 3.41. The number of aromatic nitrogens is 4. The van der Waals surface area contributed by atoms with Crippen LogP contribution in [-0.2, 0) is 16.6 Å². The number of hydrogen-bond donors (Lipinski definition) is 1. The summed E-state index contributed by atoms with van der Waals surface area (Å²) in [7, 11) is 1.70. The minimum absolute atomic E-state index is 0.160. The molecular formula is C32H33FN6O5. The van der Waals surface area contributed by atoms with Gasteiger partial charge in [-0.3, -0.25) is 14.4 Å². The standard InChI is InChI=1S/C32H33FN6O5/c1-32(2,3)44-31(43)38-15-5-6-23(18-38)39(29-24-10-7-20(8-12-28(40)41)16-21(24)13-14-34-29)30(42)25-11-9-22(17-26(25)33)27-19-37(4)36-35-27/h7-14,16-17,19,23H,5-6,15,18H2,1-4H3,(H,40,41)/b12-8+. The summed E-state index contributed by atoms with van der Waals surface area (Å²) in [5, 5.41) is 18.3. The first kappa shape index (κ1) is 30.3. The normalized spacial score (nSPS) is 15.5. The quantitative estimate of drug-likeness (QED) is 0.295. The Morgan fingerprint density at radius 3 is 2.61 bits per heavy atom. The molecule has 0 aliphatic carbocycles. The highest BCUT2D eigenvalue weighted by Gasteiger charge is 2.36. The molecule has 0 radical (unpaired) electrons. The van der Waals surface area contributed by atoms with E-state index in [9.17, 15) is 14.4 Å². The fourth-order valence-electron chi connectivity index (χ4n) is 5.19. The van der Waals surface area contributed by atoms with Crippen LogP contribution in [0.25, 0.3) is 28.1 Å². The maximum absolute atomic E-state index is 15.7. The number of fused-ring (bicyclic) bond motifs is 1. The number of carboxylic acids is 1. The zero-order valence-corrected chi connectivity index (χ0v) is 24.9. The number of benzene rings is 2. The molecule has 12 heteroatoms. The highest BCUT2D eigenvalue weighted by atomic mass is 19.1. The molecule has 11 nitrogen and oxygen atoms in total. The van der Waals surface area contributed by atoms with E-state index in [0.717, 1.165) is 6.08 Å². The molecule has 1 aliphatic heterocycles. The van der Waals surface area contributed by atoms with E-state index < -0.39 is 35.4 Å². The summed E-state index contributed by atoms with van der Waals surface area (Å²) in [6, 6.07) is 10.8. The van der Waals surface area contributed by atoms with Crippen LogP contribution in [0, 0.1) is 5.82 Å². The molecular weight excluding hydrogens is 567 g/mol. The minimum atomic E-state index is -1.07. The molecule has 1 saturated heterocycles. The number of piperidine rings is 1. The second kappa shape index (κ2) is 12.2. The van der Waals surface area contributed by atoms with Crippen LogP contribution in [-0.4, -0.2) is 72.7 Å². The number of pyridine rings is 1. The molecule has 2 aromatic heterocycles. The number of anilines is 1. The van der Waals surface area contributed by atoms with E-state index in [-0.39, 0.29) is 12.1 Å². The molecule has 5 rings (SSSR count). The van der Waals surface area contributed by atoms with Gasteiger partial charge in [-0.1, -0.05) is 23.4 Å². The molecule has 2 amide bonds. The van der Waals surface area contributed by atoms with Crippen molar-refractivity contribution >= 4 is 40.6 Å². The van der Waals surface area contributed by atoms with Crippen molar-refractivity contribution < 1.29 is 28.6 Å². The van der Waals surface area contributed by atoms with Gasteiger partial charge in [-0.05, 0) is 74.9 Å². The van der Waals surface area contributed by atoms with Gasteiger partial charge in [-0.2, -0.15) is 0 Å². The maximum Gasteiger partial charge on any atom is 0.410 e. The van der Waals surface area contributed by atoms with Crippen LogP contribution < -0.4 is 4.90 Å². The van der Waals surface area contributed by atoms with Crippen molar-refractivity contribution in [3.8, 4) is 11.3 Å². The predicted octanol–water partition coefficient (Wildman–Crippen LogP) is 5.31. The summed E-state index contributed by atoms with van der Waals surface area (Å²) in [4.78, 5) is 46.0.